The van der Waals surface area contributed by atoms with Gasteiger partial charge < -0.3 is 5.73 Å². The molecule has 1 aromatic carbocycles. The number of benzene rings is 1. The average Bonchev–Trinajstić information content (AvgIpc) is 2.67. The van der Waals surface area contributed by atoms with Crippen molar-refractivity contribution in [3.8, 4) is 5.69 Å². The second kappa shape index (κ2) is 5.11. The Hall–Kier alpha value is -1.10. The fraction of sp³-hybridized carbons (Fsp3) is 0.111. The van der Waals surface area contributed by atoms with E-state index in [0.29, 0.717) is 11.6 Å². The van der Waals surface area contributed by atoms with Gasteiger partial charge in [-0.3, -0.25) is 4.57 Å². The van der Waals surface area contributed by atoms with Gasteiger partial charge in [0.25, 0.3) is 0 Å². The van der Waals surface area contributed by atoms with Gasteiger partial charge in [-0.05, 0) is 24.3 Å². The van der Waals surface area contributed by atoms with Crippen LogP contribution < -0.4 is 5.73 Å². The quantitative estimate of drug-likeness (QED) is 0.877. The Morgan fingerprint density at radius 3 is 2.53 bits per heavy atom. The Bertz CT molecular complexity index is 424. The molecule has 80 valence electrons. The van der Waals surface area contributed by atoms with Crippen LogP contribution >= 0.6 is 24.0 Å². The average molecular weight is 245 g/mol. The molecule has 4 nitrogen and oxygen atoms in total. The van der Waals surface area contributed by atoms with E-state index in [1.165, 1.54) is 0 Å². The van der Waals surface area contributed by atoms with Gasteiger partial charge in [0.05, 0.1) is 6.54 Å². The van der Waals surface area contributed by atoms with Crippen LogP contribution in [0.2, 0.25) is 5.02 Å². The van der Waals surface area contributed by atoms with Gasteiger partial charge >= 0.3 is 0 Å². The third-order valence-electron chi connectivity index (χ3n) is 1.91. The van der Waals surface area contributed by atoms with Crippen molar-refractivity contribution in [2.45, 2.75) is 6.54 Å². The molecule has 15 heavy (non-hydrogen) atoms. The molecule has 0 saturated heterocycles. The van der Waals surface area contributed by atoms with Gasteiger partial charge in [0.1, 0.15) is 6.33 Å². The van der Waals surface area contributed by atoms with Crippen LogP contribution in [0, 0.1) is 0 Å². The summed E-state index contributed by atoms with van der Waals surface area (Å²) in [7, 11) is 0. The minimum Gasteiger partial charge on any atom is -0.324 e. The predicted molar refractivity (Wildman–Crippen MR) is 61.5 cm³/mol. The smallest absolute Gasteiger partial charge is 0.151 e. The van der Waals surface area contributed by atoms with Gasteiger partial charge in [-0.15, -0.1) is 22.6 Å². The van der Waals surface area contributed by atoms with Crippen molar-refractivity contribution < 1.29 is 0 Å². The van der Waals surface area contributed by atoms with Gasteiger partial charge in [-0.2, -0.15) is 0 Å². The van der Waals surface area contributed by atoms with E-state index >= 15 is 0 Å². The van der Waals surface area contributed by atoms with Crippen molar-refractivity contribution in [1.82, 2.24) is 14.8 Å². The van der Waals surface area contributed by atoms with Crippen LogP contribution in [0.5, 0.6) is 0 Å². The Morgan fingerprint density at radius 2 is 1.93 bits per heavy atom. The number of hydrogen-bond donors (Lipinski definition) is 1. The van der Waals surface area contributed by atoms with E-state index in [1.807, 2.05) is 28.8 Å². The summed E-state index contributed by atoms with van der Waals surface area (Å²) in [6.45, 7) is 0.364. The summed E-state index contributed by atoms with van der Waals surface area (Å²) in [6.07, 6.45) is 1.63. The van der Waals surface area contributed by atoms with Gasteiger partial charge in [-0.25, -0.2) is 0 Å². The van der Waals surface area contributed by atoms with Crippen molar-refractivity contribution in [2.75, 3.05) is 0 Å². The number of hydrogen-bond acceptors (Lipinski definition) is 3. The Kier molecular flexibility index (Phi) is 4.08. The van der Waals surface area contributed by atoms with Crippen LogP contribution in [0.15, 0.2) is 30.6 Å². The molecule has 0 atom stereocenters. The highest BCUT2D eigenvalue weighted by Crippen LogP contribution is 2.13. The van der Waals surface area contributed by atoms with Crippen molar-refractivity contribution >= 4 is 24.0 Å². The van der Waals surface area contributed by atoms with E-state index in [9.17, 15) is 0 Å². The molecule has 2 rings (SSSR count). The molecule has 0 spiro atoms. The molecular weight excluding hydrogens is 235 g/mol. The summed E-state index contributed by atoms with van der Waals surface area (Å²) in [5.74, 6) is 0.729. The topological polar surface area (TPSA) is 56.7 Å². The van der Waals surface area contributed by atoms with E-state index in [2.05, 4.69) is 10.2 Å². The van der Waals surface area contributed by atoms with Crippen LogP contribution in [0.1, 0.15) is 5.82 Å². The first kappa shape index (κ1) is 12.0. The zero-order chi connectivity index (χ0) is 9.97. The van der Waals surface area contributed by atoms with E-state index in [4.69, 9.17) is 17.3 Å². The summed E-state index contributed by atoms with van der Waals surface area (Å²) in [5.41, 5.74) is 6.47. The van der Waals surface area contributed by atoms with Gasteiger partial charge in [0.15, 0.2) is 5.82 Å². The van der Waals surface area contributed by atoms with Crippen molar-refractivity contribution in [2.24, 2.45) is 5.73 Å². The molecular formula is C9H10Cl2N4. The van der Waals surface area contributed by atoms with Crippen LogP contribution in [0.25, 0.3) is 5.69 Å². The minimum atomic E-state index is 0. The fourth-order valence-electron chi connectivity index (χ4n) is 1.22. The van der Waals surface area contributed by atoms with E-state index < -0.39 is 0 Å². The van der Waals surface area contributed by atoms with Gasteiger partial charge in [-0.1, -0.05) is 11.6 Å². The highest BCUT2D eigenvalue weighted by Gasteiger charge is 2.03. The molecule has 2 N–H and O–H groups in total. The lowest BCUT2D eigenvalue weighted by molar-refractivity contribution is 0.860. The second-order valence-electron chi connectivity index (χ2n) is 2.80. The highest BCUT2D eigenvalue weighted by atomic mass is 35.5. The Labute approximate surface area is 98.5 Å². The van der Waals surface area contributed by atoms with Gasteiger partial charge in [0.2, 0.25) is 0 Å². The molecule has 1 heterocycles. The van der Waals surface area contributed by atoms with Gasteiger partial charge in [0, 0.05) is 10.7 Å². The first-order valence-corrected chi connectivity index (χ1v) is 4.54. The lowest BCUT2D eigenvalue weighted by Gasteiger charge is -2.04. The van der Waals surface area contributed by atoms with Crippen LogP contribution in [-0.2, 0) is 6.54 Å². The monoisotopic (exact) mass is 244 g/mol. The number of rotatable bonds is 2. The maximum Gasteiger partial charge on any atom is 0.151 e. The maximum absolute atomic E-state index is 5.78. The lowest BCUT2D eigenvalue weighted by atomic mass is 10.3. The molecule has 6 heteroatoms. The standard InChI is InChI=1S/C9H9ClN4.ClH/c10-7-1-3-8(4-2-7)14-6-12-13-9(14)5-11;/h1-4,6H,5,11H2;1H. The molecule has 0 fully saturated rings. The molecule has 0 bridgehead atoms. The first-order valence-electron chi connectivity index (χ1n) is 4.16. The summed E-state index contributed by atoms with van der Waals surface area (Å²) in [4.78, 5) is 0. The predicted octanol–water partition coefficient (Wildman–Crippen LogP) is 1.80. The molecule has 0 saturated carbocycles. The molecule has 0 aliphatic carbocycles. The van der Waals surface area contributed by atoms with E-state index in [1.54, 1.807) is 6.33 Å². The second-order valence-corrected chi connectivity index (χ2v) is 3.23. The number of nitrogens with two attached hydrogens (primary N) is 1. The molecule has 0 amide bonds. The number of aromatic nitrogens is 3. The zero-order valence-electron chi connectivity index (χ0n) is 7.80. The maximum atomic E-state index is 5.78. The van der Waals surface area contributed by atoms with Crippen molar-refractivity contribution in [1.29, 1.82) is 0 Å². The van der Waals surface area contributed by atoms with Crippen molar-refractivity contribution in [3.63, 3.8) is 0 Å². The molecule has 0 unspecified atom stereocenters. The number of nitrogens with zero attached hydrogens (tertiary/aromatic N) is 3. The highest BCUT2D eigenvalue weighted by molar-refractivity contribution is 6.30. The SMILES string of the molecule is Cl.NCc1nncn1-c1ccc(Cl)cc1. The minimum absolute atomic E-state index is 0. The largest absolute Gasteiger partial charge is 0.324 e. The van der Waals surface area contributed by atoms with Crippen LogP contribution in [0.3, 0.4) is 0 Å². The van der Waals surface area contributed by atoms with Crippen LogP contribution in [0.4, 0.5) is 0 Å². The third kappa shape index (κ3) is 2.47. The summed E-state index contributed by atoms with van der Waals surface area (Å²) in [5, 5.41) is 8.38. The molecule has 0 radical (unpaired) electrons. The van der Waals surface area contributed by atoms with E-state index in [0.717, 1.165) is 11.5 Å². The Morgan fingerprint density at radius 1 is 1.27 bits per heavy atom. The summed E-state index contributed by atoms with van der Waals surface area (Å²) < 4.78 is 1.83. The van der Waals surface area contributed by atoms with E-state index in [-0.39, 0.29) is 12.4 Å². The molecule has 0 aliphatic heterocycles. The molecule has 2 aromatic rings. The molecule has 0 aliphatic rings. The van der Waals surface area contributed by atoms with Crippen LogP contribution in [-0.4, -0.2) is 14.8 Å². The number of halogens is 2. The fourth-order valence-corrected chi connectivity index (χ4v) is 1.34. The lowest BCUT2D eigenvalue weighted by Crippen LogP contribution is -2.05. The zero-order valence-corrected chi connectivity index (χ0v) is 9.37. The Balaban J connectivity index is 0.00000112. The van der Waals surface area contributed by atoms with Crippen molar-refractivity contribution in [3.05, 3.63) is 41.4 Å². The summed E-state index contributed by atoms with van der Waals surface area (Å²) in [6, 6.07) is 7.42. The first-order chi connectivity index (χ1) is 6.81. The third-order valence-corrected chi connectivity index (χ3v) is 2.16. The normalized spacial score (nSPS) is 9.73. The summed E-state index contributed by atoms with van der Waals surface area (Å²) >= 11 is 5.78. The molecule has 1 aromatic heterocycles.